The van der Waals surface area contributed by atoms with Gasteiger partial charge in [-0.3, -0.25) is 9.59 Å². The molecule has 0 aromatic heterocycles. The van der Waals surface area contributed by atoms with Gasteiger partial charge in [-0.1, -0.05) is 53.0 Å². The zero-order chi connectivity index (χ0) is 21.4. The second-order valence-electron chi connectivity index (χ2n) is 6.45. The maximum absolute atomic E-state index is 12.9. The minimum atomic E-state index is -0.585. The van der Waals surface area contributed by atoms with E-state index in [1.807, 2.05) is 25.1 Å². The molecule has 0 bridgehead atoms. The number of rotatable bonds is 9. The lowest BCUT2D eigenvalue weighted by Gasteiger charge is -2.28. The van der Waals surface area contributed by atoms with Crippen LogP contribution in [-0.4, -0.2) is 35.1 Å². The highest BCUT2D eigenvalue weighted by atomic mass is 35.5. The van der Waals surface area contributed by atoms with Crippen LogP contribution in [0.5, 0.6) is 0 Å². The Balaban J connectivity index is 2.06. The number of hydrogen-bond donors (Lipinski definition) is 1. The van der Waals surface area contributed by atoms with E-state index in [4.69, 9.17) is 34.8 Å². The number of halogens is 3. The Hall–Kier alpha value is -1.40. The van der Waals surface area contributed by atoms with Crippen molar-refractivity contribution >= 4 is 58.4 Å². The van der Waals surface area contributed by atoms with Gasteiger partial charge in [0, 0.05) is 33.9 Å². The smallest absolute Gasteiger partial charge is 0.242 e. The number of benzene rings is 2. The van der Waals surface area contributed by atoms with Crippen molar-refractivity contribution in [3.05, 3.63) is 68.7 Å². The molecule has 2 rings (SSSR count). The van der Waals surface area contributed by atoms with Gasteiger partial charge in [-0.15, -0.1) is 11.8 Å². The molecule has 156 valence electrons. The largest absolute Gasteiger partial charge is 0.355 e. The molecule has 1 atom stereocenters. The van der Waals surface area contributed by atoms with E-state index in [1.54, 1.807) is 36.1 Å². The van der Waals surface area contributed by atoms with Gasteiger partial charge in [0.1, 0.15) is 6.04 Å². The minimum Gasteiger partial charge on any atom is -0.355 e. The van der Waals surface area contributed by atoms with Crippen molar-refractivity contribution in [3.8, 4) is 0 Å². The van der Waals surface area contributed by atoms with Gasteiger partial charge < -0.3 is 10.2 Å². The summed E-state index contributed by atoms with van der Waals surface area (Å²) in [5.41, 5.74) is 1.82. The second kappa shape index (κ2) is 11.7. The highest BCUT2D eigenvalue weighted by Gasteiger charge is 2.25. The zero-order valence-corrected chi connectivity index (χ0v) is 19.3. The van der Waals surface area contributed by atoms with Gasteiger partial charge in [0.05, 0.1) is 5.75 Å². The van der Waals surface area contributed by atoms with Crippen LogP contribution in [0.4, 0.5) is 0 Å². The molecule has 0 aliphatic rings. The predicted molar refractivity (Wildman–Crippen MR) is 123 cm³/mol. The molecule has 0 unspecified atom stereocenters. The fourth-order valence-electron chi connectivity index (χ4n) is 2.66. The molecular formula is C21H23Cl3N2O2S. The molecule has 0 saturated heterocycles. The molecule has 1 N–H and O–H groups in total. The first kappa shape index (κ1) is 23.9. The molecule has 4 nitrogen and oxygen atoms in total. The quantitative estimate of drug-likeness (QED) is 0.528. The van der Waals surface area contributed by atoms with Crippen molar-refractivity contribution in [3.63, 3.8) is 0 Å². The summed E-state index contributed by atoms with van der Waals surface area (Å²) in [6, 6.07) is 12.0. The molecule has 29 heavy (non-hydrogen) atoms. The van der Waals surface area contributed by atoms with Gasteiger partial charge in [-0.2, -0.15) is 0 Å². The maximum Gasteiger partial charge on any atom is 0.242 e. The molecule has 2 aromatic carbocycles. The minimum absolute atomic E-state index is 0.117. The third-order valence-electron chi connectivity index (χ3n) is 4.28. The van der Waals surface area contributed by atoms with Crippen molar-refractivity contribution in [2.75, 3.05) is 12.3 Å². The molecule has 0 spiro atoms. The van der Waals surface area contributed by atoms with E-state index < -0.39 is 6.04 Å². The number of carbonyl (C=O) groups excluding carboxylic acids is 2. The van der Waals surface area contributed by atoms with Crippen molar-refractivity contribution < 1.29 is 9.59 Å². The van der Waals surface area contributed by atoms with Crippen molar-refractivity contribution in [2.45, 2.75) is 32.2 Å². The third-order valence-corrected chi connectivity index (χ3v) is 6.09. The average Bonchev–Trinajstić information content (AvgIpc) is 2.68. The number of likely N-dealkylation sites (N-methyl/N-ethyl adjacent to an activating group) is 1. The van der Waals surface area contributed by atoms with Gasteiger partial charge >= 0.3 is 0 Å². The summed E-state index contributed by atoms with van der Waals surface area (Å²) >= 11 is 19.5. The number of nitrogens with zero attached hydrogens (tertiary/aromatic N) is 1. The van der Waals surface area contributed by atoms with Crippen LogP contribution >= 0.6 is 46.6 Å². The normalized spacial score (nSPS) is 11.8. The number of carbonyl (C=O) groups is 2. The van der Waals surface area contributed by atoms with Crippen LogP contribution in [0.15, 0.2) is 42.5 Å². The molecule has 2 aromatic rings. The molecule has 2 amide bonds. The van der Waals surface area contributed by atoms with Crippen LogP contribution in [-0.2, 0) is 21.9 Å². The first-order valence-electron chi connectivity index (χ1n) is 9.15. The highest BCUT2D eigenvalue weighted by Crippen LogP contribution is 2.25. The van der Waals surface area contributed by atoms with Gasteiger partial charge in [-0.05, 0) is 49.2 Å². The first-order chi connectivity index (χ1) is 13.8. The van der Waals surface area contributed by atoms with E-state index in [9.17, 15) is 9.59 Å². The number of amides is 2. The summed E-state index contributed by atoms with van der Waals surface area (Å²) in [6.45, 7) is 4.42. The molecule has 0 heterocycles. The van der Waals surface area contributed by atoms with E-state index in [0.29, 0.717) is 33.9 Å². The molecule has 0 fully saturated rings. The Morgan fingerprint density at radius 1 is 1.07 bits per heavy atom. The highest BCUT2D eigenvalue weighted by molar-refractivity contribution is 7.99. The Bertz CT molecular complexity index is 846. The van der Waals surface area contributed by atoms with E-state index >= 15 is 0 Å². The monoisotopic (exact) mass is 472 g/mol. The maximum atomic E-state index is 12.9. The molecular weight excluding hydrogens is 451 g/mol. The van der Waals surface area contributed by atoms with E-state index in [-0.39, 0.29) is 17.6 Å². The fourth-order valence-corrected chi connectivity index (χ4v) is 4.26. The molecule has 0 aliphatic heterocycles. The summed E-state index contributed by atoms with van der Waals surface area (Å²) in [7, 11) is 0. The van der Waals surface area contributed by atoms with E-state index in [0.717, 1.165) is 11.1 Å². The first-order valence-corrected chi connectivity index (χ1v) is 11.4. The third kappa shape index (κ3) is 7.41. The predicted octanol–water partition coefficient (Wildman–Crippen LogP) is 5.43. The second-order valence-corrected chi connectivity index (χ2v) is 8.71. The van der Waals surface area contributed by atoms with Gasteiger partial charge in [0.25, 0.3) is 0 Å². The lowest BCUT2D eigenvalue weighted by molar-refractivity contribution is -0.138. The van der Waals surface area contributed by atoms with E-state index in [1.165, 1.54) is 11.8 Å². The zero-order valence-electron chi connectivity index (χ0n) is 16.3. The Morgan fingerprint density at radius 2 is 1.72 bits per heavy atom. The Morgan fingerprint density at radius 3 is 2.34 bits per heavy atom. The summed E-state index contributed by atoms with van der Waals surface area (Å²) in [4.78, 5) is 26.9. The summed E-state index contributed by atoms with van der Waals surface area (Å²) in [5, 5.41) is 4.55. The molecule has 0 aliphatic carbocycles. The van der Waals surface area contributed by atoms with Gasteiger partial charge in [0.15, 0.2) is 0 Å². The van der Waals surface area contributed by atoms with Crippen LogP contribution in [0.1, 0.15) is 25.0 Å². The van der Waals surface area contributed by atoms with Crippen LogP contribution in [0, 0.1) is 0 Å². The van der Waals surface area contributed by atoms with Crippen LogP contribution < -0.4 is 5.32 Å². The fraction of sp³-hybridized carbons (Fsp3) is 0.333. The molecule has 8 heteroatoms. The van der Waals surface area contributed by atoms with Gasteiger partial charge in [-0.25, -0.2) is 0 Å². The summed E-state index contributed by atoms with van der Waals surface area (Å²) in [6.07, 6.45) is 0. The van der Waals surface area contributed by atoms with Crippen LogP contribution in [0.25, 0.3) is 0 Å². The number of nitrogens with one attached hydrogen (secondary N) is 1. The van der Waals surface area contributed by atoms with Crippen LogP contribution in [0.2, 0.25) is 15.1 Å². The topological polar surface area (TPSA) is 49.4 Å². The van der Waals surface area contributed by atoms with Crippen molar-refractivity contribution in [1.29, 1.82) is 0 Å². The Labute approximate surface area is 190 Å². The van der Waals surface area contributed by atoms with E-state index in [2.05, 4.69) is 5.32 Å². The lowest BCUT2D eigenvalue weighted by atomic mass is 10.1. The molecule has 0 saturated carbocycles. The van der Waals surface area contributed by atoms with Crippen molar-refractivity contribution in [1.82, 2.24) is 10.2 Å². The summed E-state index contributed by atoms with van der Waals surface area (Å²) in [5.74, 6) is 0.511. The SMILES string of the molecule is CCNC(=O)[C@H](C)N(Cc1ccc(Cl)cc1)C(=O)CSCc1ccc(Cl)cc1Cl. The van der Waals surface area contributed by atoms with Gasteiger partial charge in [0.2, 0.25) is 11.8 Å². The lowest BCUT2D eigenvalue weighted by Crippen LogP contribution is -2.48. The standard InChI is InChI=1S/C21H23Cl3N2O2S/c1-3-25-21(28)14(2)26(11-15-4-7-17(22)8-5-15)20(27)13-29-12-16-6-9-18(23)10-19(16)24/h4-10,14H,3,11-13H2,1-2H3,(H,25,28)/t14-/m0/s1. The number of thioether (sulfide) groups is 1. The summed E-state index contributed by atoms with van der Waals surface area (Å²) < 4.78 is 0. The Kier molecular flexibility index (Phi) is 9.63. The molecule has 0 radical (unpaired) electrons. The average molecular weight is 474 g/mol. The van der Waals surface area contributed by atoms with Crippen LogP contribution in [0.3, 0.4) is 0 Å². The van der Waals surface area contributed by atoms with Crippen molar-refractivity contribution in [2.24, 2.45) is 0 Å². The number of hydrogen-bond acceptors (Lipinski definition) is 3.